The van der Waals surface area contributed by atoms with E-state index in [2.05, 4.69) is 29.6 Å². The zero-order valence-electron chi connectivity index (χ0n) is 12.4. The van der Waals surface area contributed by atoms with Crippen molar-refractivity contribution in [1.82, 2.24) is 0 Å². The van der Waals surface area contributed by atoms with Crippen LogP contribution in [0.2, 0.25) is 0 Å². The van der Waals surface area contributed by atoms with Crippen LogP contribution in [0.25, 0.3) is 0 Å². The minimum Gasteiger partial charge on any atom is -0.490 e. The molecule has 1 saturated heterocycles. The Bertz CT molecular complexity index is 418. The molecule has 0 radical (unpaired) electrons. The number of hydrogen-bond acceptors (Lipinski definition) is 3. The molecular weight excluding hydrogens is 250 g/mol. The summed E-state index contributed by atoms with van der Waals surface area (Å²) in [6, 6.07) is 8.22. The number of ether oxygens (including phenoxy) is 2. The van der Waals surface area contributed by atoms with Crippen LogP contribution in [-0.4, -0.2) is 25.4 Å². The van der Waals surface area contributed by atoms with Crippen LogP contribution in [0.1, 0.15) is 44.9 Å². The smallest absolute Gasteiger partial charge is 0.119 e. The van der Waals surface area contributed by atoms with Crippen LogP contribution in [0.15, 0.2) is 24.3 Å². The minimum atomic E-state index is 0.117. The molecule has 20 heavy (non-hydrogen) atoms. The van der Waals surface area contributed by atoms with Crippen molar-refractivity contribution in [1.29, 1.82) is 0 Å². The van der Waals surface area contributed by atoms with Crippen LogP contribution in [-0.2, 0) is 4.74 Å². The van der Waals surface area contributed by atoms with Crippen molar-refractivity contribution in [3.05, 3.63) is 24.3 Å². The summed E-state index contributed by atoms with van der Waals surface area (Å²) in [5.74, 6) is 0.974. The lowest BCUT2D eigenvalue weighted by Gasteiger charge is -2.43. The fraction of sp³-hybridized carbons (Fsp3) is 0.647. The van der Waals surface area contributed by atoms with Gasteiger partial charge in [0.1, 0.15) is 11.9 Å². The van der Waals surface area contributed by atoms with Crippen LogP contribution >= 0.6 is 0 Å². The normalized spacial score (nSPS) is 25.4. The van der Waals surface area contributed by atoms with E-state index >= 15 is 0 Å². The predicted molar refractivity (Wildman–Crippen MR) is 81.4 cm³/mol. The first-order chi connectivity index (χ1) is 9.80. The van der Waals surface area contributed by atoms with E-state index in [0.29, 0.717) is 6.10 Å². The second-order valence-corrected chi connectivity index (χ2v) is 6.10. The highest BCUT2D eigenvalue weighted by molar-refractivity contribution is 5.45. The quantitative estimate of drug-likeness (QED) is 0.904. The molecule has 2 fully saturated rings. The van der Waals surface area contributed by atoms with Gasteiger partial charge in [0.05, 0.1) is 12.2 Å². The molecule has 1 atom stereocenters. The van der Waals surface area contributed by atoms with E-state index < -0.39 is 0 Å². The minimum absolute atomic E-state index is 0.117. The highest BCUT2D eigenvalue weighted by atomic mass is 16.5. The zero-order valence-corrected chi connectivity index (χ0v) is 12.4. The van der Waals surface area contributed by atoms with Gasteiger partial charge in [0.2, 0.25) is 0 Å². The molecule has 1 aromatic rings. The van der Waals surface area contributed by atoms with E-state index in [-0.39, 0.29) is 5.60 Å². The maximum absolute atomic E-state index is 6.17. The first-order valence-electron chi connectivity index (χ1n) is 7.88. The van der Waals surface area contributed by atoms with Crippen molar-refractivity contribution in [2.45, 2.75) is 56.7 Å². The lowest BCUT2D eigenvalue weighted by Crippen LogP contribution is -2.45. The summed E-state index contributed by atoms with van der Waals surface area (Å²) in [5.41, 5.74) is 1.24. The Morgan fingerprint density at radius 2 is 1.90 bits per heavy atom. The van der Waals surface area contributed by atoms with E-state index in [0.717, 1.165) is 30.9 Å². The number of rotatable bonds is 3. The van der Waals surface area contributed by atoms with Crippen molar-refractivity contribution >= 4 is 5.69 Å². The molecule has 1 heterocycles. The van der Waals surface area contributed by atoms with Gasteiger partial charge in [-0.1, -0.05) is 19.3 Å². The Labute approximate surface area is 121 Å². The molecule has 0 bridgehead atoms. The third-order valence-corrected chi connectivity index (χ3v) is 4.66. The fourth-order valence-electron chi connectivity index (χ4n) is 3.52. The van der Waals surface area contributed by atoms with Crippen LogP contribution in [0, 0.1) is 0 Å². The second-order valence-electron chi connectivity index (χ2n) is 6.10. The standard InChI is InChI=1S/C17H25NO2/c1-18-14-5-7-15(8-6-14)20-16-9-12-19-17(13-16)10-3-2-4-11-17/h5-8,16,18H,2-4,9-13H2,1H3. The van der Waals surface area contributed by atoms with E-state index in [1.54, 1.807) is 0 Å². The molecule has 1 N–H and O–H groups in total. The Morgan fingerprint density at radius 1 is 1.15 bits per heavy atom. The second kappa shape index (κ2) is 6.04. The Kier molecular flexibility index (Phi) is 4.16. The highest BCUT2D eigenvalue weighted by Crippen LogP contribution is 2.39. The van der Waals surface area contributed by atoms with Crippen molar-refractivity contribution < 1.29 is 9.47 Å². The molecule has 3 rings (SSSR count). The molecule has 1 spiro atoms. The Morgan fingerprint density at radius 3 is 2.60 bits per heavy atom. The summed E-state index contributed by atoms with van der Waals surface area (Å²) in [6.45, 7) is 0.846. The van der Waals surface area contributed by atoms with Crippen LogP contribution in [0.5, 0.6) is 5.75 Å². The van der Waals surface area contributed by atoms with Gasteiger partial charge < -0.3 is 14.8 Å². The summed E-state index contributed by atoms with van der Waals surface area (Å²) in [6.07, 6.45) is 8.78. The summed E-state index contributed by atoms with van der Waals surface area (Å²) < 4.78 is 12.3. The third kappa shape index (κ3) is 3.09. The number of anilines is 1. The molecule has 1 aromatic carbocycles. The largest absolute Gasteiger partial charge is 0.490 e. The van der Waals surface area contributed by atoms with Gasteiger partial charge in [0.25, 0.3) is 0 Å². The number of benzene rings is 1. The van der Waals surface area contributed by atoms with E-state index in [1.165, 1.54) is 32.1 Å². The molecule has 1 aliphatic heterocycles. The number of hydrogen-bond donors (Lipinski definition) is 1. The average Bonchev–Trinajstić information content (AvgIpc) is 2.49. The Balaban J connectivity index is 1.61. The molecular formula is C17H25NO2. The van der Waals surface area contributed by atoms with Gasteiger partial charge in [-0.3, -0.25) is 0 Å². The number of nitrogens with one attached hydrogen (secondary N) is 1. The maximum atomic E-state index is 6.17. The summed E-state index contributed by atoms with van der Waals surface area (Å²) >= 11 is 0. The summed E-state index contributed by atoms with van der Waals surface area (Å²) in [5, 5.41) is 3.13. The van der Waals surface area contributed by atoms with Crippen LogP contribution in [0.3, 0.4) is 0 Å². The molecule has 1 unspecified atom stereocenters. The lowest BCUT2D eigenvalue weighted by molar-refractivity contribution is -0.129. The zero-order chi connectivity index (χ0) is 13.8. The van der Waals surface area contributed by atoms with Crippen molar-refractivity contribution in [2.75, 3.05) is 19.0 Å². The first-order valence-corrected chi connectivity index (χ1v) is 7.88. The molecule has 1 saturated carbocycles. The molecule has 1 aliphatic carbocycles. The molecule has 0 aromatic heterocycles. The molecule has 0 amide bonds. The van der Waals surface area contributed by atoms with Gasteiger partial charge in [-0.05, 0) is 37.1 Å². The SMILES string of the molecule is CNc1ccc(OC2CCOC3(CCCCC3)C2)cc1. The Hall–Kier alpha value is -1.22. The molecule has 2 aliphatic rings. The first kappa shape index (κ1) is 13.7. The van der Waals surface area contributed by atoms with Crippen LogP contribution in [0.4, 0.5) is 5.69 Å². The van der Waals surface area contributed by atoms with E-state index in [1.807, 2.05) is 7.05 Å². The van der Waals surface area contributed by atoms with E-state index in [4.69, 9.17) is 9.47 Å². The van der Waals surface area contributed by atoms with Crippen molar-refractivity contribution in [3.63, 3.8) is 0 Å². The molecule has 110 valence electrons. The van der Waals surface area contributed by atoms with Crippen molar-refractivity contribution in [3.8, 4) is 5.75 Å². The van der Waals surface area contributed by atoms with Crippen molar-refractivity contribution in [2.24, 2.45) is 0 Å². The van der Waals surface area contributed by atoms with Crippen LogP contribution < -0.4 is 10.1 Å². The third-order valence-electron chi connectivity index (χ3n) is 4.66. The molecule has 3 heteroatoms. The predicted octanol–water partition coefficient (Wildman–Crippen LogP) is 3.99. The maximum Gasteiger partial charge on any atom is 0.119 e. The average molecular weight is 275 g/mol. The van der Waals surface area contributed by atoms with Gasteiger partial charge in [-0.2, -0.15) is 0 Å². The van der Waals surface area contributed by atoms with E-state index in [9.17, 15) is 0 Å². The summed E-state index contributed by atoms with van der Waals surface area (Å²) in [4.78, 5) is 0. The van der Waals surface area contributed by atoms with Gasteiger partial charge in [0.15, 0.2) is 0 Å². The van der Waals surface area contributed by atoms with Gasteiger partial charge in [-0.25, -0.2) is 0 Å². The van der Waals surface area contributed by atoms with Gasteiger partial charge in [0, 0.05) is 25.6 Å². The molecule has 3 nitrogen and oxygen atoms in total. The van der Waals surface area contributed by atoms with Gasteiger partial charge in [-0.15, -0.1) is 0 Å². The van der Waals surface area contributed by atoms with Gasteiger partial charge >= 0.3 is 0 Å². The topological polar surface area (TPSA) is 30.5 Å². The monoisotopic (exact) mass is 275 g/mol. The lowest BCUT2D eigenvalue weighted by atomic mass is 9.79. The summed E-state index contributed by atoms with van der Waals surface area (Å²) in [7, 11) is 1.93. The fourth-order valence-corrected chi connectivity index (χ4v) is 3.52. The highest BCUT2D eigenvalue weighted by Gasteiger charge is 2.39.